The largest absolute Gasteiger partial charge is 0.377 e. The molecule has 0 radical (unpaired) electrons. The van der Waals surface area contributed by atoms with Crippen LogP contribution in [0.4, 0.5) is 0 Å². The van der Waals surface area contributed by atoms with Gasteiger partial charge < -0.3 is 15.0 Å². The predicted octanol–water partition coefficient (Wildman–Crippen LogP) is 2.59. The molecule has 0 amide bonds. The molecule has 0 bridgehead atoms. The minimum Gasteiger partial charge on any atom is -0.377 e. The zero-order valence-corrected chi connectivity index (χ0v) is 19.7. The van der Waals surface area contributed by atoms with E-state index in [1.54, 1.807) is 24.4 Å². The van der Waals surface area contributed by atoms with Gasteiger partial charge in [0.2, 0.25) is 10.0 Å². The van der Waals surface area contributed by atoms with Gasteiger partial charge in [-0.1, -0.05) is 11.6 Å². The third kappa shape index (κ3) is 5.14. The van der Waals surface area contributed by atoms with E-state index in [0.29, 0.717) is 19.6 Å². The molecule has 3 fully saturated rings. The van der Waals surface area contributed by atoms with E-state index in [2.05, 4.69) is 15.2 Å². The highest BCUT2D eigenvalue weighted by atomic mass is 35.5. The van der Waals surface area contributed by atoms with Crippen molar-refractivity contribution in [1.29, 1.82) is 0 Å². The van der Waals surface area contributed by atoms with E-state index >= 15 is 0 Å². The van der Waals surface area contributed by atoms with E-state index in [1.807, 2.05) is 0 Å². The third-order valence-electron chi connectivity index (χ3n) is 7.07. The quantitative estimate of drug-likeness (QED) is 0.634. The second-order valence-electron chi connectivity index (χ2n) is 9.39. The van der Waals surface area contributed by atoms with Gasteiger partial charge in [-0.25, -0.2) is 13.4 Å². The maximum atomic E-state index is 12.3. The minimum absolute atomic E-state index is 0.0604. The summed E-state index contributed by atoms with van der Waals surface area (Å²) in [6, 6.07) is 0. The van der Waals surface area contributed by atoms with Crippen molar-refractivity contribution < 1.29 is 13.2 Å². The molecule has 0 aromatic rings. The number of nitrogens with zero attached hydrogens (tertiary/aromatic N) is 3. The summed E-state index contributed by atoms with van der Waals surface area (Å²) < 4.78 is 32.2. The number of rotatable bonds is 7. The molecule has 4 rings (SSSR count). The Labute approximate surface area is 185 Å². The van der Waals surface area contributed by atoms with Gasteiger partial charge in [0.05, 0.1) is 22.9 Å². The Bertz CT molecular complexity index is 777. The van der Waals surface area contributed by atoms with Gasteiger partial charge >= 0.3 is 0 Å². The fourth-order valence-electron chi connectivity index (χ4n) is 5.05. The zero-order chi connectivity index (χ0) is 21.3. The van der Waals surface area contributed by atoms with Crippen molar-refractivity contribution >= 4 is 27.6 Å². The van der Waals surface area contributed by atoms with Gasteiger partial charge in [-0.2, -0.15) is 4.31 Å². The first-order valence-corrected chi connectivity index (χ1v) is 13.2. The van der Waals surface area contributed by atoms with Crippen LogP contribution in [0.5, 0.6) is 0 Å². The zero-order valence-electron chi connectivity index (χ0n) is 18.1. The van der Waals surface area contributed by atoms with Gasteiger partial charge in [0.1, 0.15) is 0 Å². The Hall–Kier alpha value is -0.830. The maximum absolute atomic E-state index is 12.3. The Morgan fingerprint density at radius 3 is 2.70 bits per heavy atom. The molecule has 1 aliphatic carbocycles. The van der Waals surface area contributed by atoms with E-state index in [9.17, 15) is 8.42 Å². The number of nitrogens with one attached hydrogen (secondary N) is 1. The molecule has 7 nitrogen and oxygen atoms in total. The average molecular weight is 459 g/mol. The Balaban J connectivity index is 1.13. The fraction of sp³-hybridized carbons (Fsp3) is 0.857. The van der Waals surface area contributed by atoms with Crippen molar-refractivity contribution in [3.05, 3.63) is 11.2 Å². The van der Waals surface area contributed by atoms with Gasteiger partial charge in [-0.3, -0.25) is 0 Å². The number of guanidine groups is 1. The van der Waals surface area contributed by atoms with Gasteiger partial charge in [0, 0.05) is 39.0 Å². The molecule has 9 heteroatoms. The van der Waals surface area contributed by atoms with Crippen LogP contribution >= 0.6 is 11.6 Å². The molecule has 170 valence electrons. The molecule has 0 aromatic heterocycles. The first-order valence-electron chi connectivity index (χ1n) is 11.4. The van der Waals surface area contributed by atoms with Crippen LogP contribution in [0, 0.1) is 17.8 Å². The molecule has 1 saturated carbocycles. The molecule has 0 unspecified atom stereocenters. The van der Waals surface area contributed by atoms with Crippen LogP contribution < -0.4 is 5.32 Å². The van der Waals surface area contributed by atoms with Crippen molar-refractivity contribution in [2.24, 2.45) is 22.7 Å². The van der Waals surface area contributed by atoms with Crippen LogP contribution in [-0.4, -0.2) is 74.3 Å². The summed E-state index contributed by atoms with van der Waals surface area (Å²) in [7, 11) is -3.15. The minimum atomic E-state index is -3.15. The monoisotopic (exact) mass is 458 g/mol. The van der Waals surface area contributed by atoms with Gasteiger partial charge in [0.15, 0.2) is 5.96 Å². The highest BCUT2D eigenvalue weighted by Gasteiger charge is 2.43. The summed E-state index contributed by atoms with van der Waals surface area (Å²) in [6.07, 6.45) is 7.51. The van der Waals surface area contributed by atoms with Crippen LogP contribution in [0.15, 0.2) is 16.2 Å². The molecule has 3 heterocycles. The van der Waals surface area contributed by atoms with E-state index in [0.717, 1.165) is 61.3 Å². The summed E-state index contributed by atoms with van der Waals surface area (Å²) in [5, 5.41) is 3.70. The van der Waals surface area contributed by atoms with Gasteiger partial charge in [-0.15, -0.1) is 0 Å². The van der Waals surface area contributed by atoms with E-state index in [4.69, 9.17) is 16.3 Å². The fourth-order valence-corrected chi connectivity index (χ4v) is 6.49. The van der Waals surface area contributed by atoms with Crippen LogP contribution in [-0.2, 0) is 14.8 Å². The van der Waals surface area contributed by atoms with Crippen molar-refractivity contribution in [2.45, 2.75) is 57.3 Å². The molecule has 1 N–H and O–H groups in total. The van der Waals surface area contributed by atoms with Crippen LogP contribution in [0.25, 0.3) is 0 Å². The molecule has 3 aliphatic heterocycles. The molecule has 3 atom stereocenters. The van der Waals surface area contributed by atoms with E-state index in [-0.39, 0.29) is 11.4 Å². The Morgan fingerprint density at radius 2 is 2.03 bits per heavy atom. The van der Waals surface area contributed by atoms with E-state index in [1.165, 1.54) is 19.3 Å². The van der Waals surface area contributed by atoms with E-state index < -0.39 is 10.0 Å². The number of likely N-dealkylation sites (tertiary alicyclic amines) is 1. The Kier molecular flexibility index (Phi) is 6.97. The SMILES string of the molecule is CC(C)S(=O)(=O)N1CC[C@H](OCC[C@@H]2C[C@@H]2C2CCN(C3=NC=C(Cl)CN3)CC2)C1. The third-order valence-corrected chi connectivity index (χ3v) is 9.54. The lowest BCUT2D eigenvalue weighted by atomic mass is 9.90. The number of sulfonamides is 1. The summed E-state index contributed by atoms with van der Waals surface area (Å²) in [6.45, 7) is 8.15. The van der Waals surface area contributed by atoms with Crippen LogP contribution in [0.3, 0.4) is 0 Å². The van der Waals surface area contributed by atoms with Gasteiger partial charge in [-0.05, 0) is 63.7 Å². The van der Waals surface area contributed by atoms with Crippen molar-refractivity contribution in [1.82, 2.24) is 14.5 Å². The molecular weight excluding hydrogens is 424 g/mol. The standard InChI is InChI=1S/C21H35ClN4O3S/c1-15(2)30(27,28)26-9-5-19(14-26)29-10-6-17-11-20(17)16-3-7-25(8-4-16)21-23-12-18(22)13-24-21/h12,15-17,19-20H,3-11,13-14H2,1-2H3,(H,23,24)/t17-,19+,20-/m1/s1. The number of hydrogen-bond donors (Lipinski definition) is 1. The number of ether oxygens (including phenoxy) is 1. The lowest BCUT2D eigenvalue weighted by Crippen LogP contribution is -2.47. The van der Waals surface area contributed by atoms with Crippen LogP contribution in [0.2, 0.25) is 0 Å². The molecule has 0 aromatic carbocycles. The lowest BCUT2D eigenvalue weighted by Gasteiger charge is -2.35. The molecule has 4 aliphatic rings. The smallest absolute Gasteiger partial charge is 0.216 e. The maximum Gasteiger partial charge on any atom is 0.216 e. The highest BCUT2D eigenvalue weighted by Crippen LogP contribution is 2.49. The predicted molar refractivity (Wildman–Crippen MR) is 120 cm³/mol. The normalized spacial score (nSPS) is 30.9. The van der Waals surface area contributed by atoms with Crippen LogP contribution in [0.1, 0.15) is 46.0 Å². The number of aliphatic imine (C=N–C) groups is 1. The number of halogens is 1. The molecular formula is C21H35ClN4O3S. The summed E-state index contributed by atoms with van der Waals surface area (Å²) in [5.74, 6) is 3.40. The molecule has 2 saturated heterocycles. The number of hydrogen-bond acceptors (Lipinski definition) is 6. The Morgan fingerprint density at radius 1 is 1.27 bits per heavy atom. The second kappa shape index (κ2) is 9.35. The summed E-state index contributed by atoms with van der Waals surface area (Å²) in [4.78, 5) is 6.76. The first kappa shape index (κ1) is 22.4. The van der Waals surface area contributed by atoms with Gasteiger partial charge in [0.25, 0.3) is 0 Å². The topological polar surface area (TPSA) is 74.2 Å². The first-order chi connectivity index (χ1) is 14.3. The molecule has 0 spiro atoms. The number of piperidine rings is 1. The van der Waals surface area contributed by atoms with Crippen molar-refractivity contribution in [3.63, 3.8) is 0 Å². The second-order valence-corrected chi connectivity index (χ2v) is 12.4. The van der Waals surface area contributed by atoms with Crippen molar-refractivity contribution in [3.8, 4) is 0 Å². The highest BCUT2D eigenvalue weighted by molar-refractivity contribution is 7.89. The summed E-state index contributed by atoms with van der Waals surface area (Å²) >= 11 is 5.97. The lowest BCUT2D eigenvalue weighted by molar-refractivity contribution is 0.0579. The average Bonchev–Trinajstić information content (AvgIpc) is 3.34. The molecule has 30 heavy (non-hydrogen) atoms. The summed E-state index contributed by atoms with van der Waals surface area (Å²) in [5.41, 5.74) is 0. The van der Waals surface area contributed by atoms with Crippen molar-refractivity contribution in [2.75, 3.05) is 39.3 Å².